The Bertz CT molecular complexity index is 671. The summed E-state index contributed by atoms with van der Waals surface area (Å²) >= 11 is 5.25. The minimum Gasteiger partial charge on any atom is -0.452 e. The first kappa shape index (κ1) is 20.2. The first-order chi connectivity index (χ1) is 12.3. The van der Waals surface area contributed by atoms with Crippen LogP contribution < -0.4 is 5.32 Å². The number of nitrogens with zero attached hydrogens (tertiary/aromatic N) is 1. The molecular formula is C17H19F3N2O3S. The normalized spacial score (nSPS) is 15.1. The van der Waals surface area contributed by atoms with E-state index in [-0.39, 0.29) is 16.2 Å². The fourth-order valence-electron chi connectivity index (χ4n) is 2.60. The van der Waals surface area contributed by atoms with Crippen LogP contribution in [0.2, 0.25) is 0 Å². The highest BCUT2D eigenvalue weighted by atomic mass is 32.1. The highest BCUT2D eigenvalue weighted by Gasteiger charge is 2.30. The topological polar surface area (TPSA) is 58.6 Å². The fraction of sp³-hybridized carbons (Fsp3) is 0.471. The van der Waals surface area contributed by atoms with Crippen molar-refractivity contribution in [1.82, 2.24) is 10.2 Å². The van der Waals surface area contributed by atoms with Gasteiger partial charge in [-0.25, -0.2) is 4.79 Å². The third kappa shape index (κ3) is 5.98. The van der Waals surface area contributed by atoms with Gasteiger partial charge in [0.05, 0.1) is 11.1 Å². The number of nitrogens with one attached hydrogen (secondary N) is 1. The number of rotatable bonds is 3. The van der Waals surface area contributed by atoms with E-state index < -0.39 is 24.7 Å². The lowest BCUT2D eigenvalue weighted by molar-refractivity contribution is -0.161. The van der Waals surface area contributed by atoms with Gasteiger partial charge in [-0.1, -0.05) is 25.0 Å². The third-order valence-electron chi connectivity index (χ3n) is 3.87. The Morgan fingerprint density at radius 3 is 2.23 bits per heavy atom. The minimum atomic E-state index is -4.64. The number of hydrogen-bond acceptors (Lipinski definition) is 4. The van der Waals surface area contributed by atoms with E-state index in [1.165, 1.54) is 24.3 Å². The molecule has 0 aliphatic carbocycles. The van der Waals surface area contributed by atoms with Gasteiger partial charge in [-0.15, -0.1) is 0 Å². The van der Waals surface area contributed by atoms with Crippen LogP contribution in [0.1, 0.15) is 46.4 Å². The number of alkyl halides is 3. The quantitative estimate of drug-likeness (QED) is 0.636. The second kappa shape index (κ2) is 8.98. The maximum atomic E-state index is 12.5. The highest BCUT2D eigenvalue weighted by molar-refractivity contribution is 7.80. The van der Waals surface area contributed by atoms with Crippen molar-refractivity contribution in [3.8, 4) is 0 Å². The number of amides is 1. The largest absolute Gasteiger partial charge is 0.452 e. The molecule has 1 heterocycles. The van der Waals surface area contributed by atoms with Crippen LogP contribution in [0.5, 0.6) is 0 Å². The molecule has 1 amide bonds. The van der Waals surface area contributed by atoms with Crippen molar-refractivity contribution < 1.29 is 27.5 Å². The molecular weight excluding hydrogens is 369 g/mol. The van der Waals surface area contributed by atoms with Crippen molar-refractivity contribution >= 4 is 29.2 Å². The average molecular weight is 388 g/mol. The van der Waals surface area contributed by atoms with Crippen LogP contribution in [0.3, 0.4) is 0 Å². The summed E-state index contributed by atoms with van der Waals surface area (Å²) < 4.78 is 40.9. The Labute approximate surface area is 154 Å². The number of carbonyl (C=O) groups is 2. The molecule has 0 unspecified atom stereocenters. The molecule has 1 aromatic rings. The predicted octanol–water partition coefficient (Wildman–Crippen LogP) is 3.30. The molecule has 5 nitrogen and oxygen atoms in total. The van der Waals surface area contributed by atoms with E-state index in [4.69, 9.17) is 12.2 Å². The number of thiocarbonyl (C=S) groups is 1. The minimum absolute atomic E-state index is 0.0863. The van der Waals surface area contributed by atoms with Crippen LogP contribution in [0.4, 0.5) is 13.2 Å². The summed E-state index contributed by atoms with van der Waals surface area (Å²) in [7, 11) is 0. The van der Waals surface area contributed by atoms with E-state index in [1.54, 1.807) is 0 Å². The van der Waals surface area contributed by atoms with Crippen molar-refractivity contribution in [2.45, 2.75) is 31.9 Å². The number of hydrogen-bond donors (Lipinski definition) is 1. The summed E-state index contributed by atoms with van der Waals surface area (Å²) in [6.07, 6.45) is -0.504. The van der Waals surface area contributed by atoms with E-state index in [1.807, 2.05) is 4.90 Å². The molecule has 0 atom stereocenters. The second-order valence-electron chi connectivity index (χ2n) is 5.90. The van der Waals surface area contributed by atoms with Crippen LogP contribution in [0.25, 0.3) is 0 Å². The van der Waals surface area contributed by atoms with Gasteiger partial charge in [-0.2, -0.15) is 13.2 Å². The van der Waals surface area contributed by atoms with Gasteiger partial charge >= 0.3 is 12.1 Å². The van der Waals surface area contributed by atoms with Crippen molar-refractivity contribution in [3.63, 3.8) is 0 Å². The van der Waals surface area contributed by atoms with Crippen LogP contribution in [-0.4, -0.2) is 47.8 Å². The number of ether oxygens (including phenoxy) is 1. The number of likely N-dealkylation sites (tertiary alicyclic amines) is 1. The molecule has 1 aromatic carbocycles. The lowest BCUT2D eigenvalue weighted by atomic mass is 10.1. The van der Waals surface area contributed by atoms with Crippen molar-refractivity contribution in [2.75, 3.05) is 19.7 Å². The maximum Gasteiger partial charge on any atom is 0.422 e. The zero-order valence-corrected chi connectivity index (χ0v) is 14.8. The average Bonchev–Trinajstić information content (AvgIpc) is 2.88. The van der Waals surface area contributed by atoms with Crippen LogP contribution in [0, 0.1) is 0 Å². The molecule has 1 aliphatic heterocycles. The predicted molar refractivity (Wildman–Crippen MR) is 92.9 cm³/mol. The number of carbonyl (C=O) groups excluding carboxylic acids is 2. The Balaban J connectivity index is 2.06. The van der Waals surface area contributed by atoms with Crippen molar-refractivity contribution in [2.24, 2.45) is 0 Å². The first-order valence-corrected chi connectivity index (χ1v) is 8.62. The molecule has 9 heteroatoms. The SMILES string of the molecule is O=C(NC(=S)N1CCCCCC1)c1ccccc1C(=O)OCC(F)(F)F. The monoisotopic (exact) mass is 388 g/mol. The molecule has 1 fully saturated rings. The molecule has 1 saturated heterocycles. The van der Waals surface area contributed by atoms with Gasteiger partial charge < -0.3 is 9.64 Å². The molecule has 0 bridgehead atoms. The molecule has 0 radical (unpaired) electrons. The number of benzene rings is 1. The Kier molecular flexibility index (Phi) is 6.96. The first-order valence-electron chi connectivity index (χ1n) is 8.21. The van der Waals surface area contributed by atoms with E-state index in [2.05, 4.69) is 10.1 Å². The van der Waals surface area contributed by atoms with Gasteiger partial charge in [0.15, 0.2) is 11.7 Å². The summed E-state index contributed by atoms with van der Waals surface area (Å²) in [6.45, 7) is -0.253. The number of halogens is 3. The van der Waals surface area contributed by atoms with E-state index >= 15 is 0 Å². The smallest absolute Gasteiger partial charge is 0.422 e. The second-order valence-corrected chi connectivity index (χ2v) is 6.28. The van der Waals surface area contributed by atoms with Gasteiger partial charge in [0.2, 0.25) is 0 Å². The highest BCUT2D eigenvalue weighted by Crippen LogP contribution is 2.17. The van der Waals surface area contributed by atoms with Crippen LogP contribution in [-0.2, 0) is 4.74 Å². The van der Waals surface area contributed by atoms with E-state index in [0.717, 1.165) is 38.8 Å². The molecule has 0 aromatic heterocycles. The zero-order chi connectivity index (χ0) is 19.2. The van der Waals surface area contributed by atoms with E-state index in [0.29, 0.717) is 0 Å². The summed E-state index contributed by atoms with van der Waals surface area (Å²) in [5.41, 5.74) is -0.329. The zero-order valence-electron chi connectivity index (χ0n) is 14.0. The summed E-state index contributed by atoms with van der Waals surface area (Å²) in [6, 6.07) is 5.52. The summed E-state index contributed by atoms with van der Waals surface area (Å²) in [5, 5.41) is 2.80. The van der Waals surface area contributed by atoms with Gasteiger partial charge in [0.1, 0.15) is 0 Å². The molecule has 142 valence electrons. The third-order valence-corrected chi connectivity index (χ3v) is 4.23. The summed E-state index contributed by atoms with van der Waals surface area (Å²) in [4.78, 5) is 26.2. The Morgan fingerprint density at radius 1 is 1.08 bits per heavy atom. The lowest BCUT2D eigenvalue weighted by Crippen LogP contribution is -2.43. The Hall–Kier alpha value is -2.16. The molecule has 0 saturated carbocycles. The van der Waals surface area contributed by atoms with Crippen LogP contribution in [0.15, 0.2) is 24.3 Å². The van der Waals surface area contributed by atoms with Crippen molar-refractivity contribution in [1.29, 1.82) is 0 Å². The van der Waals surface area contributed by atoms with Gasteiger partial charge in [-0.05, 0) is 37.2 Å². The molecule has 2 rings (SSSR count). The summed E-state index contributed by atoms with van der Waals surface area (Å²) in [5.74, 6) is -1.87. The molecule has 1 N–H and O–H groups in total. The molecule has 0 spiro atoms. The maximum absolute atomic E-state index is 12.5. The Morgan fingerprint density at radius 2 is 1.65 bits per heavy atom. The lowest BCUT2D eigenvalue weighted by Gasteiger charge is -2.23. The van der Waals surface area contributed by atoms with Gasteiger partial charge in [0.25, 0.3) is 5.91 Å². The van der Waals surface area contributed by atoms with Crippen molar-refractivity contribution in [3.05, 3.63) is 35.4 Å². The standard InChI is InChI=1S/C17H19F3N2O3S/c18-17(19,20)11-25-15(24)13-8-4-3-7-12(13)14(23)21-16(26)22-9-5-1-2-6-10-22/h3-4,7-8H,1-2,5-6,9-11H2,(H,21,23,26). The van der Waals surface area contributed by atoms with Gasteiger partial charge in [-0.3, -0.25) is 10.1 Å². The van der Waals surface area contributed by atoms with Crippen LogP contribution >= 0.6 is 12.2 Å². The molecule has 26 heavy (non-hydrogen) atoms. The fourth-order valence-corrected chi connectivity index (χ4v) is 2.88. The van der Waals surface area contributed by atoms with E-state index in [9.17, 15) is 22.8 Å². The molecule has 1 aliphatic rings. The number of esters is 1. The van der Waals surface area contributed by atoms with Gasteiger partial charge in [0, 0.05) is 13.1 Å².